The Bertz CT molecular complexity index is 867. The van der Waals surface area contributed by atoms with Gasteiger partial charge in [0, 0.05) is 24.2 Å². The minimum absolute atomic E-state index is 0.0249. The highest BCUT2D eigenvalue weighted by atomic mass is 19.1. The Hall–Kier alpha value is -2.53. The molecule has 1 aliphatic carbocycles. The molecule has 1 aliphatic heterocycles. The van der Waals surface area contributed by atoms with Crippen LogP contribution in [0.2, 0.25) is 0 Å². The summed E-state index contributed by atoms with van der Waals surface area (Å²) in [6.45, 7) is 0.729. The highest BCUT2D eigenvalue weighted by Gasteiger charge is 2.42. The predicted molar refractivity (Wildman–Crippen MR) is 111 cm³/mol. The molecule has 4 atom stereocenters. The molecule has 4 nitrogen and oxygen atoms in total. The van der Waals surface area contributed by atoms with Crippen molar-refractivity contribution in [2.75, 3.05) is 13.2 Å². The van der Waals surface area contributed by atoms with E-state index in [-0.39, 0.29) is 24.4 Å². The van der Waals surface area contributed by atoms with Crippen LogP contribution < -0.4 is 0 Å². The largest absolute Gasteiger partial charge is 0.394 e. The number of aliphatic hydroxyl groups is 1. The highest BCUT2D eigenvalue weighted by Crippen LogP contribution is 2.42. The molecule has 4 unspecified atom stereocenters. The van der Waals surface area contributed by atoms with Gasteiger partial charge < -0.3 is 10.0 Å². The number of hydrogen-bond acceptors (Lipinski definition) is 3. The number of benzene rings is 1. The van der Waals surface area contributed by atoms with Gasteiger partial charge >= 0.3 is 0 Å². The van der Waals surface area contributed by atoms with Crippen LogP contribution in [-0.4, -0.2) is 40.6 Å². The maximum absolute atomic E-state index is 13.4. The SMILES string of the molecule is O=CN1CC2CCCCC2C(/C=C/c2ccc(-c3cccc(F)c3)cn2)C1CO. The van der Waals surface area contributed by atoms with Crippen molar-refractivity contribution >= 4 is 12.5 Å². The van der Waals surface area contributed by atoms with Crippen LogP contribution in [0, 0.1) is 23.6 Å². The van der Waals surface area contributed by atoms with E-state index in [4.69, 9.17) is 0 Å². The standard InChI is InChI=1S/C24H27FN2O2/c25-20-6-3-5-17(12-20)18-8-9-21(26-13-18)10-11-23-22-7-2-1-4-19(22)14-27(16-29)24(23)15-28/h3,5-6,8-13,16,19,22-24,28H,1-2,4,7,14-15H2/b11-10+. The number of pyridine rings is 1. The lowest BCUT2D eigenvalue weighted by molar-refractivity contribution is -0.128. The van der Waals surface area contributed by atoms with Crippen LogP contribution in [-0.2, 0) is 4.79 Å². The summed E-state index contributed by atoms with van der Waals surface area (Å²) >= 11 is 0. The van der Waals surface area contributed by atoms with E-state index in [1.807, 2.05) is 24.3 Å². The molecule has 5 heteroatoms. The molecule has 1 amide bonds. The fraction of sp³-hybridized carbons (Fsp3) is 0.417. The quantitative estimate of drug-likeness (QED) is 0.775. The summed E-state index contributed by atoms with van der Waals surface area (Å²) in [6.07, 6.45) is 11.5. The van der Waals surface area contributed by atoms with Gasteiger partial charge in [0.1, 0.15) is 5.82 Å². The molecule has 0 spiro atoms. The van der Waals surface area contributed by atoms with E-state index < -0.39 is 0 Å². The van der Waals surface area contributed by atoms with Crippen LogP contribution in [0.4, 0.5) is 4.39 Å². The van der Waals surface area contributed by atoms with Crippen molar-refractivity contribution in [2.24, 2.45) is 17.8 Å². The van der Waals surface area contributed by atoms with E-state index in [2.05, 4.69) is 11.1 Å². The van der Waals surface area contributed by atoms with Crippen molar-refractivity contribution in [2.45, 2.75) is 31.7 Å². The molecule has 0 radical (unpaired) electrons. The zero-order valence-corrected chi connectivity index (χ0v) is 16.5. The number of likely N-dealkylation sites (tertiary alicyclic amines) is 1. The first-order valence-corrected chi connectivity index (χ1v) is 10.4. The Labute approximate surface area is 171 Å². The van der Waals surface area contributed by atoms with Crippen LogP contribution >= 0.6 is 0 Å². The van der Waals surface area contributed by atoms with E-state index in [0.717, 1.165) is 42.6 Å². The van der Waals surface area contributed by atoms with Gasteiger partial charge in [-0.3, -0.25) is 9.78 Å². The molecular weight excluding hydrogens is 367 g/mol. The number of fused-ring (bicyclic) bond motifs is 1. The number of aromatic nitrogens is 1. The van der Waals surface area contributed by atoms with E-state index in [1.165, 1.54) is 25.0 Å². The lowest BCUT2D eigenvalue weighted by Gasteiger charge is -2.48. The molecule has 1 aromatic heterocycles. The predicted octanol–water partition coefficient (Wildman–Crippen LogP) is 4.16. The van der Waals surface area contributed by atoms with Crippen LogP contribution in [0.25, 0.3) is 17.2 Å². The minimum Gasteiger partial charge on any atom is -0.394 e. The zero-order valence-electron chi connectivity index (χ0n) is 16.5. The summed E-state index contributed by atoms with van der Waals surface area (Å²) in [5.74, 6) is 0.879. The number of piperidine rings is 1. The molecule has 1 aromatic carbocycles. The van der Waals surface area contributed by atoms with Crippen LogP contribution in [0.1, 0.15) is 31.4 Å². The number of aliphatic hydroxyl groups excluding tert-OH is 1. The lowest BCUT2D eigenvalue weighted by atomic mass is 9.67. The molecule has 2 aliphatic rings. The maximum Gasteiger partial charge on any atom is 0.210 e. The van der Waals surface area contributed by atoms with Crippen molar-refractivity contribution in [1.82, 2.24) is 9.88 Å². The van der Waals surface area contributed by atoms with Crippen molar-refractivity contribution in [3.63, 3.8) is 0 Å². The van der Waals surface area contributed by atoms with Gasteiger partial charge in [-0.25, -0.2) is 4.39 Å². The first-order valence-electron chi connectivity index (χ1n) is 10.4. The summed E-state index contributed by atoms with van der Waals surface area (Å²) in [6, 6.07) is 10.2. The van der Waals surface area contributed by atoms with E-state index in [0.29, 0.717) is 11.8 Å². The van der Waals surface area contributed by atoms with Crippen LogP contribution in [0.15, 0.2) is 48.7 Å². The summed E-state index contributed by atoms with van der Waals surface area (Å²) in [5.41, 5.74) is 2.48. The second-order valence-electron chi connectivity index (χ2n) is 8.18. The molecule has 1 saturated carbocycles. The van der Waals surface area contributed by atoms with Crippen molar-refractivity contribution in [3.05, 3.63) is 60.2 Å². The number of amides is 1. The number of rotatable bonds is 5. The van der Waals surface area contributed by atoms with Gasteiger partial charge in [0.05, 0.1) is 18.3 Å². The molecule has 2 heterocycles. The number of halogens is 1. The number of hydrogen-bond donors (Lipinski definition) is 1. The third-order valence-electron chi connectivity index (χ3n) is 6.53. The molecule has 1 saturated heterocycles. The van der Waals surface area contributed by atoms with E-state index >= 15 is 0 Å². The van der Waals surface area contributed by atoms with Crippen LogP contribution in [0.3, 0.4) is 0 Å². The third-order valence-corrected chi connectivity index (χ3v) is 6.53. The lowest BCUT2D eigenvalue weighted by Crippen LogP contribution is -2.54. The van der Waals surface area contributed by atoms with Gasteiger partial charge in [-0.1, -0.05) is 37.1 Å². The summed E-state index contributed by atoms with van der Waals surface area (Å²) in [4.78, 5) is 17.9. The Kier molecular flexibility index (Phi) is 6.05. The molecule has 2 fully saturated rings. The van der Waals surface area contributed by atoms with Gasteiger partial charge in [0.2, 0.25) is 6.41 Å². The van der Waals surface area contributed by atoms with Gasteiger partial charge in [0.25, 0.3) is 0 Å². The molecule has 2 aromatic rings. The topological polar surface area (TPSA) is 53.4 Å². The normalized spacial score (nSPS) is 27.0. The fourth-order valence-electron chi connectivity index (χ4n) is 5.05. The maximum atomic E-state index is 13.4. The Morgan fingerprint density at radius 3 is 2.76 bits per heavy atom. The van der Waals surface area contributed by atoms with Crippen molar-refractivity contribution in [3.8, 4) is 11.1 Å². The third kappa shape index (κ3) is 4.25. The minimum atomic E-state index is -0.263. The highest BCUT2D eigenvalue weighted by molar-refractivity contribution is 5.63. The number of carbonyl (C=O) groups is 1. The van der Waals surface area contributed by atoms with Crippen LogP contribution in [0.5, 0.6) is 0 Å². The average molecular weight is 394 g/mol. The molecule has 1 N–H and O–H groups in total. The molecule has 29 heavy (non-hydrogen) atoms. The number of nitrogens with zero attached hydrogens (tertiary/aromatic N) is 2. The van der Waals surface area contributed by atoms with Gasteiger partial charge in [0.15, 0.2) is 0 Å². The second kappa shape index (κ2) is 8.87. The van der Waals surface area contributed by atoms with Gasteiger partial charge in [-0.05, 0) is 54.5 Å². The summed E-state index contributed by atoms with van der Waals surface area (Å²) in [5, 5.41) is 9.95. The van der Waals surface area contributed by atoms with Crippen molar-refractivity contribution < 1.29 is 14.3 Å². The fourth-order valence-corrected chi connectivity index (χ4v) is 5.05. The molecule has 152 valence electrons. The first kappa shape index (κ1) is 19.8. The Morgan fingerprint density at radius 1 is 1.17 bits per heavy atom. The molecular formula is C24H27FN2O2. The summed E-state index contributed by atoms with van der Waals surface area (Å²) < 4.78 is 13.4. The summed E-state index contributed by atoms with van der Waals surface area (Å²) in [7, 11) is 0. The zero-order chi connectivity index (χ0) is 20.2. The monoisotopic (exact) mass is 394 g/mol. The average Bonchev–Trinajstić information content (AvgIpc) is 2.77. The first-order chi connectivity index (χ1) is 14.2. The van der Waals surface area contributed by atoms with E-state index in [9.17, 15) is 14.3 Å². The smallest absolute Gasteiger partial charge is 0.210 e. The number of carbonyl (C=O) groups excluding carboxylic acids is 1. The van der Waals surface area contributed by atoms with Crippen molar-refractivity contribution in [1.29, 1.82) is 0 Å². The second-order valence-corrected chi connectivity index (χ2v) is 8.18. The Morgan fingerprint density at radius 2 is 2.03 bits per heavy atom. The Balaban J connectivity index is 1.55. The molecule has 4 rings (SSSR count). The van der Waals surface area contributed by atoms with Gasteiger partial charge in [-0.15, -0.1) is 0 Å². The molecule has 0 bridgehead atoms. The van der Waals surface area contributed by atoms with E-state index in [1.54, 1.807) is 17.2 Å². The van der Waals surface area contributed by atoms with Gasteiger partial charge in [-0.2, -0.15) is 0 Å².